The van der Waals surface area contributed by atoms with Crippen LogP contribution in [0.1, 0.15) is 19.4 Å². The molecule has 0 spiro atoms. The normalized spacial score (nSPS) is 10.5. The fourth-order valence-electron chi connectivity index (χ4n) is 2.01. The molecular weight excluding hydrogens is 336 g/mol. The van der Waals surface area contributed by atoms with E-state index in [0.29, 0.717) is 13.1 Å². The van der Waals surface area contributed by atoms with Crippen molar-refractivity contribution in [3.05, 3.63) is 34.3 Å². The summed E-state index contributed by atoms with van der Waals surface area (Å²) in [6, 6.07) is 7.38. The van der Waals surface area contributed by atoms with Gasteiger partial charge in [-0.3, -0.25) is 4.79 Å². The Morgan fingerprint density at radius 2 is 1.90 bits per heavy atom. The molecule has 1 N–H and O–H groups in total. The van der Waals surface area contributed by atoms with Crippen LogP contribution in [0.2, 0.25) is 0 Å². The molecule has 1 aromatic rings. The molecule has 1 aromatic carbocycles. The van der Waals surface area contributed by atoms with Crippen LogP contribution in [-0.2, 0) is 11.3 Å². The molecule has 0 bridgehead atoms. The van der Waals surface area contributed by atoms with Gasteiger partial charge in [-0.1, -0.05) is 48.0 Å². The standard InChI is InChI=1S/C15H21BrN2O3/c1-11(2)8-18(10-14(19)20)15(21)17(3)9-12-6-4-5-7-13(12)16/h4-7,11H,8-10H2,1-3H3,(H,19,20). The van der Waals surface area contributed by atoms with Gasteiger partial charge in [-0.05, 0) is 17.5 Å². The van der Waals surface area contributed by atoms with Gasteiger partial charge >= 0.3 is 12.0 Å². The van der Waals surface area contributed by atoms with Crippen LogP contribution in [0.4, 0.5) is 4.79 Å². The summed E-state index contributed by atoms with van der Waals surface area (Å²) in [6.45, 7) is 4.48. The van der Waals surface area contributed by atoms with E-state index in [1.807, 2.05) is 38.1 Å². The van der Waals surface area contributed by atoms with Gasteiger partial charge in [0, 0.05) is 24.6 Å². The lowest BCUT2D eigenvalue weighted by Gasteiger charge is -2.28. The lowest BCUT2D eigenvalue weighted by Crippen LogP contribution is -2.45. The summed E-state index contributed by atoms with van der Waals surface area (Å²) in [7, 11) is 1.68. The van der Waals surface area contributed by atoms with E-state index in [9.17, 15) is 9.59 Å². The Morgan fingerprint density at radius 1 is 1.29 bits per heavy atom. The smallest absolute Gasteiger partial charge is 0.323 e. The van der Waals surface area contributed by atoms with Gasteiger partial charge in [-0.15, -0.1) is 0 Å². The van der Waals surface area contributed by atoms with Crippen LogP contribution in [0.3, 0.4) is 0 Å². The second-order valence-electron chi connectivity index (χ2n) is 5.40. The number of carbonyl (C=O) groups excluding carboxylic acids is 1. The molecule has 0 aliphatic heterocycles. The van der Waals surface area contributed by atoms with Crippen molar-refractivity contribution >= 4 is 27.9 Å². The minimum Gasteiger partial charge on any atom is -0.480 e. The number of hydrogen-bond donors (Lipinski definition) is 1. The molecule has 5 nitrogen and oxygen atoms in total. The zero-order chi connectivity index (χ0) is 16.0. The average molecular weight is 357 g/mol. The van der Waals surface area contributed by atoms with Crippen molar-refractivity contribution in [2.24, 2.45) is 5.92 Å². The zero-order valence-electron chi connectivity index (χ0n) is 12.5. The first-order valence-corrected chi connectivity index (χ1v) is 7.55. The third-order valence-corrected chi connectivity index (χ3v) is 3.65. The SMILES string of the molecule is CC(C)CN(CC(=O)O)C(=O)N(C)Cc1ccccc1Br. The number of benzene rings is 1. The molecule has 2 amide bonds. The highest BCUT2D eigenvalue weighted by atomic mass is 79.9. The number of urea groups is 1. The van der Waals surface area contributed by atoms with E-state index >= 15 is 0 Å². The van der Waals surface area contributed by atoms with Gasteiger partial charge in [0.05, 0.1) is 0 Å². The number of amides is 2. The van der Waals surface area contributed by atoms with E-state index in [1.54, 1.807) is 7.05 Å². The Balaban J connectivity index is 2.77. The van der Waals surface area contributed by atoms with E-state index in [0.717, 1.165) is 10.0 Å². The van der Waals surface area contributed by atoms with Gasteiger partial charge in [-0.2, -0.15) is 0 Å². The van der Waals surface area contributed by atoms with Crippen LogP contribution in [0, 0.1) is 5.92 Å². The average Bonchev–Trinajstić information content (AvgIpc) is 2.38. The summed E-state index contributed by atoms with van der Waals surface area (Å²) in [5.74, 6) is -0.788. The van der Waals surface area contributed by atoms with Gasteiger partial charge in [-0.25, -0.2) is 4.79 Å². The summed E-state index contributed by atoms with van der Waals surface area (Å²) >= 11 is 3.45. The maximum atomic E-state index is 12.4. The van der Waals surface area contributed by atoms with E-state index in [4.69, 9.17) is 5.11 Å². The summed E-state index contributed by atoms with van der Waals surface area (Å²) < 4.78 is 0.929. The Bertz CT molecular complexity index is 505. The molecule has 0 unspecified atom stereocenters. The van der Waals surface area contributed by atoms with Crippen molar-refractivity contribution < 1.29 is 14.7 Å². The first-order valence-electron chi connectivity index (χ1n) is 6.76. The van der Waals surface area contributed by atoms with Gasteiger partial charge in [0.2, 0.25) is 0 Å². The molecule has 0 aliphatic carbocycles. The van der Waals surface area contributed by atoms with Crippen LogP contribution in [0.5, 0.6) is 0 Å². The van der Waals surface area contributed by atoms with E-state index in [2.05, 4.69) is 15.9 Å². The zero-order valence-corrected chi connectivity index (χ0v) is 14.1. The number of carboxylic acid groups (broad SMARTS) is 1. The number of hydrogen-bond acceptors (Lipinski definition) is 2. The predicted molar refractivity (Wildman–Crippen MR) is 85.1 cm³/mol. The molecule has 21 heavy (non-hydrogen) atoms. The topological polar surface area (TPSA) is 60.9 Å². The number of aliphatic carboxylic acids is 1. The van der Waals surface area contributed by atoms with Crippen molar-refractivity contribution in [2.45, 2.75) is 20.4 Å². The summed E-state index contributed by atoms with van der Waals surface area (Å²) in [4.78, 5) is 26.2. The van der Waals surface area contributed by atoms with Gasteiger partial charge in [0.1, 0.15) is 6.54 Å². The second kappa shape index (κ2) is 8.02. The maximum Gasteiger partial charge on any atom is 0.323 e. The van der Waals surface area contributed by atoms with Crippen LogP contribution >= 0.6 is 15.9 Å². The van der Waals surface area contributed by atoms with Crippen molar-refractivity contribution in [3.8, 4) is 0 Å². The maximum absolute atomic E-state index is 12.4. The number of halogens is 1. The molecule has 0 heterocycles. The summed E-state index contributed by atoms with van der Waals surface area (Å²) in [5, 5.41) is 8.94. The number of nitrogens with zero attached hydrogens (tertiary/aromatic N) is 2. The van der Waals surface area contributed by atoms with Crippen LogP contribution in [-0.4, -0.2) is 47.0 Å². The first kappa shape index (κ1) is 17.5. The number of carboxylic acids is 1. The molecule has 116 valence electrons. The van der Waals surface area contributed by atoms with Gasteiger partial charge in [0.15, 0.2) is 0 Å². The van der Waals surface area contributed by atoms with E-state index in [1.165, 1.54) is 9.80 Å². The Morgan fingerprint density at radius 3 is 2.43 bits per heavy atom. The second-order valence-corrected chi connectivity index (χ2v) is 6.25. The lowest BCUT2D eigenvalue weighted by molar-refractivity contribution is -0.137. The van der Waals surface area contributed by atoms with Crippen LogP contribution < -0.4 is 0 Å². The largest absolute Gasteiger partial charge is 0.480 e. The molecule has 0 saturated carbocycles. The summed E-state index contributed by atoms with van der Waals surface area (Å²) in [5.41, 5.74) is 0.980. The fraction of sp³-hybridized carbons (Fsp3) is 0.467. The third-order valence-electron chi connectivity index (χ3n) is 2.87. The Kier molecular flexibility index (Phi) is 6.68. The van der Waals surface area contributed by atoms with E-state index in [-0.39, 0.29) is 18.5 Å². The summed E-state index contributed by atoms with van der Waals surface area (Å²) in [6.07, 6.45) is 0. The molecule has 0 fully saturated rings. The van der Waals surface area contributed by atoms with Crippen LogP contribution in [0.25, 0.3) is 0 Å². The highest BCUT2D eigenvalue weighted by Crippen LogP contribution is 2.18. The van der Waals surface area contributed by atoms with Crippen LogP contribution in [0.15, 0.2) is 28.7 Å². The molecule has 1 rings (SSSR count). The van der Waals surface area contributed by atoms with Crippen molar-refractivity contribution in [1.29, 1.82) is 0 Å². The molecule has 0 atom stereocenters. The fourth-order valence-corrected chi connectivity index (χ4v) is 2.42. The minimum absolute atomic E-state index is 0.213. The number of rotatable bonds is 6. The first-order chi connectivity index (χ1) is 9.81. The number of carbonyl (C=O) groups is 2. The molecular formula is C15H21BrN2O3. The van der Waals surface area contributed by atoms with Crippen molar-refractivity contribution in [3.63, 3.8) is 0 Å². The van der Waals surface area contributed by atoms with Gasteiger partial charge < -0.3 is 14.9 Å². The van der Waals surface area contributed by atoms with Crippen molar-refractivity contribution in [2.75, 3.05) is 20.1 Å². The molecule has 0 radical (unpaired) electrons. The molecule has 0 aromatic heterocycles. The quantitative estimate of drug-likeness (QED) is 0.851. The Hall–Kier alpha value is -1.56. The Labute approximate surface area is 133 Å². The van der Waals surface area contributed by atoms with Gasteiger partial charge in [0.25, 0.3) is 0 Å². The van der Waals surface area contributed by atoms with Crippen molar-refractivity contribution in [1.82, 2.24) is 9.80 Å². The monoisotopic (exact) mass is 356 g/mol. The highest BCUT2D eigenvalue weighted by Gasteiger charge is 2.21. The predicted octanol–water partition coefficient (Wildman–Crippen LogP) is 3.04. The highest BCUT2D eigenvalue weighted by molar-refractivity contribution is 9.10. The third kappa shape index (κ3) is 5.75. The molecule has 0 saturated heterocycles. The van der Waals surface area contributed by atoms with E-state index < -0.39 is 5.97 Å². The molecule has 6 heteroatoms. The minimum atomic E-state index is -1.00. The molecule has 0 aliphatic rings. The lowest BCUT2D eigenvalue weighted by atomic mass is 10.2.